The van der Waals surface area contributed by atoms with Gasteiger partial charge in [0.1, 0.15) is 4.60 Å². The molecule has 0 bridgehead atoms. The molecule has 1 rings (SSSR count). The highest BCUT2D eigenvalue weighted by Crippen LogP contribution is 2.10. The van der Waals surface area contributed by atoms with Gasteiger partial charge in [0.25, 0.3) is 0 Å². The summed E-state index contributed by atoms with van der Waals surface area (Å²) in [5.74, 6) is 0. The van der Waals surface area contributed by atoms with Crippen LogP contribution in [0.2, 0.25) is 0 Å². The van der Waals surface area contributed by atoms with Crippen molar-refractivity contribution in [2.45, 2.75) is 13.0 Å². The minimum Gasteiger partial charge on any atom is -0.324 e. The first kappa shape index (κ1) is 7.69. The average molecular weight is 201 g/mol. The first-order valence-corrected chi connectivity index (χ1v) is 3.86. The molecule has 0 aliphatic heterocycles. The maximum atomic E-state index is 5.61. The van der Waals surface area contributed by atoms with Gasteiger partial charge in [-0.15, -0.1) is 0 Å². The average Bonchev–Trinajstić information content (AvgIpc) is 1.88. The number of aromatic nitrogens is 1. The predicted molar refractivity (Wildman–Crippen MR) is 44.5 cm³/mol. The summed E-state index contributed by atoms with van der Waals surface area (Å²) in [5, 5.41) is 0. The van der Waals surface area contributed by atoms with E-state index in [-0.39, 0.29) is 6.04 Å². The van der Waals surface area contributed by atoms with Crippen molar-refractivity contribution in [2.75, 3.05) is 0 Å². The number of rotatable bonds is 1. The van der Waals surface area contributed by atoms with E-state index in [4.69, 9.17) is 5.73 Å². The summed E-state index contributed by atoms with van der Waals surface area (Å²) in [6.45, 7) is 1.94. The Labute approximate surface area is 68.6 Å². The van der Waals surface area contributed by atoms with Gasteiger partial charge in [0.2, 0.25) is 0 Å². The Hall–Kier alpha value is -0.410. The van der Waals surface area contributed by atoms with Crippen LogP contribution in [0.15, 0.2) is 22.9 Å². The summed E-state index contributed by atoms with van der Waals surface area (Å²) in [6.07, 6.45) is 1.77. The Morgan fingerprint density at radius 1 is 1.60 bits per heavy atom. The Morgan fingerprint density at radius 2 is 2.30 bits per heavy atom. The van der Waals surface area contributed by atoms with Gasteiger partial charge in [-0.3, -0.25) is 0 Å². The van der Waals surface area contributed by atoms with Crippen molar-refractivity contribution in [1.82, 2.24) is 4.98 Å². The number of pyridine rings is 1. The zero-order valence-electron chi connectivity index (χ0n) is 5.71. The van der Waals surface area contributed by atoms with Crippen LogP contribution in [0.25, 0.3) is 0 Å². The second kappa shape index (κ2) is 3.12. The molecule has 0 saturated heterocycles. The Morgan fingerprint density at radius 3 is 2.70 bits per heavy atom. The van der Waals surface area contributed by atoms with Gasteiger partial charge in [-0.2, -0.15) is 0 Å². The van der Waals surface area contributed by atoms with Crippen LogP contribution in [0.1, 0.15) is 18.5 Å². The number of halogens is 1. The van der Waals surface area contributed by atoms with E-state index in [1.165, 1.54) is 0 Å². The molecule has 3 heteroatoms. The maximum absolute atomic E-state index is 5.61. The third-order valence-electron chi connectivity index (χ3n) is 1.28. The second-order valence-corrected chi connectivity index (χ2v) is 3.02. The van der Waals surface area contributed by atoms with Gasteiger partial charge in [-0.25, -0.2) is 4.98 Å². The molecule has 1 unspecified atom stereocenters. The van der Waals surface area contributed by atoms with E-state index >= 15 is 0 Å². The van der Waals surface area contributed by atoms with Gasteiger partial charge in [-0.05, 0) is 34.5 Å². The molecule has 54 valence electrons. The molecule has 10 heavy (non-hydrogen) atoms. The highest BCUT2D eigenvalue weighted by molar-refractivity contribution is 9.10. The smallest absolute Gasteiger partial charge is 0.106 e. The molecule has 0 aromatic carbocycles. The molecule has 0 aliphatic carbocycles. The van der Waals surface area contributed by atoms with Gasteiger partial charge in [-0.1, -0.05) is 6.07 Å². The fourth-order valence-corrected chi connectivity index (χ4v) is 0.891. The van der Waals surface area contributed by atoms with Gasteiger partial charge in [0, 0.05) is 12.2 Å². The van der Waals surface area contributed by atoms with Crippen molar-refractivity contribution in [3.63, 3.8) is 0 Å². The van der Waals surface area contributed by atoms with Crippen molar-refractivity contribution in [3.8, 4) is 0 Å². The molecule has 0 saturated carbocycles. The number of hydrogen-bond acceptors (Lipinski definition) is 2. The summed E-state index contributed by atoms with van der Waals surface area (Å²) < 4.78 is 0.844. The molecule has 0 radical (unpaired) electrons. The van der Waals surface area contributed by atoms with Gasteiger partial charge in [0.15, 0.2) is 0 Å². The van der Waals surface area contributed by atoms with Crippen LogP contribution >= 0.6 is 15.9 Å². The molecule has 0 aliphatic rings. The lowest BCUT2D eigenvalue weighted by molar-refractivity contribution is 0.810. The van der Waals surface area contributed by atoms with Crippen LogP contribution in [-0.2, 0) is 0 Å². The number of nitrogens with two attached hydrogens (primary N) is 1. The molecule has 1 aromatic heterocycles. The molecule has 0 amide bonds. The molecular formula is C7H9BrN2. The monoisotopic (exact) mass is 200 g/mol. The molecule has 1 atom stereocenters. The van der Waals surface area contributed by atoms with E-state index in [1.807, 2.05) is 19.1 Å². The largest absolute Gasteiger partial charge is 0.324 e. The summed E-state index contributed by atoms with van der Waals surface area (Å²) in [5.41, 5.74) is 6.67. The van der Waals surface area contributed by atoms with Crippen molar-refractivity contribution in [3.05, 3.63) is 28.5 Å². The van der Waals surface area contributed by atoms with Crippen LogP contribution < -0.4 is 5.73 Å². The highest BCUT2D eigenvalue weighted by Gasteiger charge is 1.97. The first-order valence-electron chi connectivity index (χ1n) is 3.07. The van der Waals surface area contributed by atoms with E-state index in [1.54, 1.807) is 6.20 Å². The Kier molecular flexibility index (Phi) is 2.40. The predicted octanol–water partition coefficient (Wildman–Crippen LogP) is 1.86. The van der Waals surface area contributed by atoms with Crippen LogP contribution in [0.5, 0.6) is 0 Å². The van der Waals surface area contributed by atoms with Gasteiger partial charge in [0.05, 0.1) is 0 Å². The summed E-state index contributed by atoms with van der Waals surface area (Å²) in [6, 6.07) is 3.92. The second-order valence-electron chi connectivity index (χ2n) is 2.20. The van der Waals surface area contributed by atoms with Crippen molar-refractivity contribution >= 4 is 15.9 Å². The van der Waals surface area contributed by atoms with Crippen LogP contribution in [0, 0.1) is 0 Å². The van der Waals surface area contributed by atoms with Crippen LogP contribution in [0.4, 0.5) is 0 Å². The minimum absolute atomic E-state index is 0.0700. The van der Waals surface area contributed by atoms with Crippen molar-refractivity contribution in [2.24, 2.45) is 5.73 Å². The zero-order chi connectivity index (χ0) is 7.56. The van der Waals surface area contributed by atoms with Crippen molar-refractivity contribution < 1.29 is 0 Å². The number of hydrogen-bond donors (Lipinski definition) is 1. The topological polar surface area (TPSA) is 38.9 Å². The van der Waals surface area contributed by atoms with Gasteiger partial charge < -0.3 is 5.73 Å². The third kappa shape index (κ3) is 1.78. The van der Waals surface area contributed by atoms with E-state index < -0.39 is 0 Å². The lowest BCUT2D eigenvalue weighted by atomic mass is 10.2. The third-order valence-corrected chi connectivity index (χ3v) is 1.75. The lowest BCUT2D eigenvalue weighted by Crippen LogP contribution is -2.04. The highest BCUT2D eigenvalue weighted by atomic mass is 79.9. The number of nitrogens with zero attached hydrogens (tertiary/aromatic N) is 1. The molecule has 2 nitrogen and oxygen atoms in total. The molecule has 0 fully saturated rings. The normalized spacial score (nSPS) is 13.1. The molecule has 0 spiro atoms. The van der Waals surface area contributed by atoms with Crippen LogP contribution in [-0.4, -0.2) is 4.98 Å². The quantitative estimate of drug-likeness (QED) is 0.704. The molecule has 1 aromatic rings. The summed E-state index contributed by atoms with van der Waals surface area (Å²) in [7, 11) is 0. The van der Waals surface area contributed by atoms with Gasteiger partial charge >= 0.3 is 0 Å². The zero-order valence-corrected chi connectivity index (χ0v) is 7.30. The Bertz CT molecular complexity index is 205. The van der Waals surface area contributed by atoms with Crippen molar-refractivity contribution in [1.29, 1.82) is 0 Å². The molecule has 1 heterocycles. The lowest BCUT2D eigenvalue weighted by Gasteiger charge is -2.02. The van der Waals surface area contributed by atoms with Crippen LogP contribution in [0.3, 0.4) is 0 Å². The fraction of sp³-hybridized carbons (Fsp3) is 0.286. The van der Waals surface area contributed by atoms with E-state index in [9.17, 15) is 0 Å². The summed E-state index contributed by atoms with van der Waals surface area (Å²) in [4.78, 5) is 4.04. The van der Waals surface area contributed by atoms with E-state index in [2.05, 4.69) is 20.9 Å². The SMILES string of the molecule is CC(N)c1ccc(Br)nc1. The molecular weight excluding hydrogens is 192 g/mol. The first-order chi connectivity index (χ1) is 4.70. The maximum Gasteiger partial charge on any atom is 0.106 e. The Balaban J connectivity index is 2.89. The standard InChI is InChI=1S/C7H9BrN2/c1-5(9)6-2-3-7(8)10-4-6/h2-5H,9H2,1H3. The summed E-state index contributed by atoms with van der Waals surface area (Å²) >= 11 is 3.24. The van der Waals surface area contributed by atoms with E-state index in [0.717, 1.165) is 10.2 Å². The minimum atomic E-state index is 0.0700. The van der Waals surface area contributed by atoms with E-state index in [0.29, 0.717) is 0 Å². The molecule has 2 N–H and O–H groups in total. The fourth-order valence-electron chi connectivity index (χ4n) is 0.657.